The van der Waals surface area contributed by atoms with Crippen LogP contribution in [0.3, 0.4) is 0 Å². The molecule has 0 N–H and O–H groups in total. The van der Waals surface area contributed by atoms with Gasteiger partial charge in [-0.2, -0.15) is 13.7 Å². The van der Waals surface area contributed by atoms with E-state index in [9.17, 15) is 8.42 Å². The van der Waals surface area contributed by atoms with E-state index in [1.165, 1.54) is 12.1 Å². The maximum atomic E-state index is 12.0. The van der Waals surface area contributed by atoms with Crippen LogP contribution in [0.2, 0.25) is 0 Å². The Morgan fingerprint density at radius 1 is 1.24 bits per heavy atom. The standard InChI is InChI=1S/C14H17N3O3S/c1-12-5-7-13(8-6-12)21(18,19)20-16-14(11-15)17-9-3-2-4-10-17/h5-8H,2-4,9-10H2,1H3/b16-14+. The molecule has 2 rings (SSSR count). The van der Waals surface area contributed by atoms with Crippen LogP contribution in [0.1, 0.15) is 24.8 Å². The Morgan fingerprint density at radius 2 is 1.86 bits per heavy atom. The summed E-state index contributed by atoms with van der Waals surface area (Å²) in [5.74, 6) is 0.00499. The van der Waals surface area contributed by atoms with Gasteiger partial charge in [-0.25, -0.2) is 0 Å². The molecule has 21 heavy (non-hydrogen) atoms. The van der Waals surface area contributed by atoms with Crippen LogP contribution in [0.4, 0.5) is 0 Å². The van der Waals surface area contributed by atoms with Crippen LogP contribution in [0.25, 0.3) is 0 Å². The zero-order valence-corrected chi connectivity index (χ0v) is 12.6. The number of nitrogens with zero attached hydrogens (tertiary/aromatic N) is 3. The van der Waals surface area contributed by atoms with Gasteiger partial charge in [0.05, 0.1) is 0 Å². The molecule has 0 unspecified atom stereocenters. The van der Waals surface area contributed by atoms with Gasteiger partial charge in [0, 0.05) is 13.1 Å². The maximum absolute atomic E-state index is 12.0. The first-order chi connectivity index (χ1) is 10.0. The molecule has 1 aromatic carbocycles. The predicted octanol–water partition coefficient (Wildman–Crippen LogP) is 2.02. The number of hydrogen-bond acceptors (Lipinski definition) is 5. The van der Waals surface area contributed by atoms with Crippen LogP contribution in [0, 0.1) is 18.3 Å². The van der Waals surface area contributed by atoms with Gasteiger partial charge in [-0.15, -0.1) is 0 Å². The second-order valence-electron chi connectivity index (χ2n) is 4.92. The van der Waals surface area contributed by atoms with Crippen LogP contribution in [-0.2, 0) is 14.4 Å². The minimum absolute atomic E-state index is 0.00499. The Morgan fingerprint density at radius 3 is 2.43 bits per heavy atom. The van der Waals surface area contributed by atoms with E-state index in [1.807, 2.05) is 13.0 Å². The topological polar surface area (TPSA) is 82.8 Å². The lowest BCUT2D eigenvalue weighted by atomic mass is 10.1. The molecule has 0 saturated carbocycles. The fraction of sp³-hybridized carbons (Fsp3) is 0.429. The Bertz CT molecular complexity index is 654. The third kappa shape index (κ3) is 3.95. The van der Waals surface area contributed by atoms with Crippen LogP contribution in [0.15, 0.2) is 34.3 Å². The van der Waals surface area contributed by atoms with E-state index in [-0.39, 0.29) is 10.7 Å². The monoisotopic (exact) mass is 307 g/mol. The number of likely N-dealkylation sites (tertiary alicyclic amines) is 1. The number of rotatable bonds is 3. The van der Waals surface area contributed by atoms with E-state index in [0.717, 1.165) is 24.8 Å². The first-order valence-corrected chi connectivity index (χ1v) is 8.17. The number of hydrogen-bond donors (Lipinski definition) is 0. The molecule has 0 spiro atoms. The van der Waals surface area contributed by atoms with Crippen molar-refractivity contribution in [2.75, 3.05) is 13.1 Å². The normalized spacial score (nSPS) is 16.4. The molecular weight excluding hydrogens is 290 g/mol. The summed E-state index contributed by atoms with van der Waals surface area (Å²) in [6.07, 6.45) is 3.04. The van der Waals surface area contributed by atoms with Gasteiger partial charge in [0.1, 0.15) is 11.0 Å². The van der Waals surface area contributed by atoms with Crippen LogP contribution >= 0.6 is 0 Å². The molecule has 1 aliphatic heterocycles. The average Bonchev–Trinajstić information content (AvgIpc) is 2.49. The molecule has 0 aliphatic carbocycles. The molecular formula is C14H17N3O3S. The third-order valence-electron chi connectivity index (χ3n) is 3.29. The van der Waals surface area contributed by atoms with Gasteiger partial charge in [-0.05, 0) is 43.5 Å². The van der Waals surface area contributed by atoms with Crippen LogP contribution < -0.4 is 0 Å². The summed E-state index contributed by atoms with van der Waals surface area (Å²) in [5.41, 5.74) is 0.948. The highest BCUT2D eigenvalue weighted by Gasteiger charge is 2.19. The van der Waals surface area contributed by atoms with E-state index in [2.05, 4.69) is 9.44 Å². The summed E-state index contributed by atoms with van der Waals surface area (Å²) >= 11 is 0. The Labute approximate surface area is 124 Å². The largest absolute Gasteiger partial charge is 0.358 e. The molecule has 1 heterocycles. The van der Waals surface area contributed by atoms with Crippen molar-refractivity contribution in [3.05, 3.63) is 29.8 Å². The van der Waals surface area contributed by atoms with Gasteiger partial charge in [0.25, 0.3) is 0 Å². The predicted molar refractivity (Wildman–Crippen MR) is 77.9 cm³/mol. The third-order valence-corrected chi connectivity index (χ3v) is 4.41. The quantitative estimate of drug-likeness (QED) is 0.485. The fourth-order valence-corrected chi connectivity index (χ4v) is 2.81. The molecule has 1 fully saturated rings. The van der Waals surface area contributed by atoms with Crippen molar-refractivity contribution in [1.29, 1.82) is 5.26 Å². The van der Waals surface area contributed by atoms with Crippen molar-refractivity contribution in [3.63, 3.8) is 0 Å². The number of oxime groups is 1. The first-order valence-electron chi connectivity index (χ1n) is 6.76. The lowest BCUT2D eigenvalue weighted by Gasteiger charge is -2.25. The Balaban J connectivity index is 2.13. The van der Waals surface area contributed by atoms with E-state index in [4.69, 9.17) is 5.26 Å². The minimum Gasteiger partial charge on any atom is -0.345 e. The minimum atomic E-state index is -3.99. The zero-order chi connectivity index (χ0) is 15.3. The van der Waals surface area contributed by atoms with E-state index >= 15 is 0 Å². The second kappa shape index (κ2) is 6.59. The van der Waals surface area contributed by atoms with E-state index in [1.54, 1.807) is 17.0 Å². The van der Waals surface area contributed by atoms with Crippen molar-refractivity contribution in [2.45, 2.75) is 31.1 Å². The average molecular weight is 307 g/mol. The summed E-state index contributed by atoms with van der Waals surface area (Å²) in [7, 11) is -3.99. The molecule has 0 amide bonds. The molecule has 0 aromatic heterocycles. The molecule has 6 nitrogen and oxygen atoms in total. The molecule has 112 valence electrons. The molecule has 1 aromatic rings. The van der Waals surface area contributed by atoms with Gasteiger partial charge in [-0.1, -0.05) is 17.7 Å². The van der Waals surface area contributed by atoms with Gasteiger partial charge < -0.3 is 4.90 Å². The van der Waals surface area contributed by atoms with Gasteiger partial charge in [0.15, 0.2) is 0 Å². The number of benzene rings is 1. The van der Waals surface area contributed by atoms with Crippen LogP contribution in [-0.4, -0.2) is 32.2 Å². The SMILES string of the molecule is Cc1ccc(S(=O)(=O)O/N=C(\C#N)N2CCCCC2)cc1. The molecule has 1 saturated heterocycles. The molecule has 0 radical (unpaired) electrons. The molecule has 0 atom stereocenters. The highest BCUT2D eigenvalue weighted by atomic mass is 32.2. The lowest BCUT2D eigenvalue weighted by molar-refractivity contribution is 0.303. The number of piperidine rings is 1. The summed E-state index contributed by atoms with van der Waals surface area (Å²) in [5, 5.41) is 12.6. The zero-order valence-electron chi connectivity index (χ0n) is 11.8. The van der Waals surface area contributed by atoms with Crippen molar-refractivity contribution < 1.29 is 12.7 Å². The van der Waals surface area contributed by atoms with Crippen molar-refractivity contribution >= 4 is 16.0 Å². The number of amidine groups is 1. The molecule has 0 bridgehead atoms. The molecule has 7 heteroatoms. The summed E-state index contributed by atoms with van der Waals surface area (Å²) in [6.45, 7) is 3.25. The Kier molecular flexibility index (Phi) is 4.81. The van der Waals surface area contributed by atoms with Crippen LogP contribution in [0.5, 0.6) is 0 Å². The van der Waals surface area contributed by atoms with E-state index in [0.29, 0.717) is 13.1 Å². The molecule has 1 aliphatic rings. The summed E-state index contributed by atoms with van der Waals surface area (Å²) in [6, 6.07) is 8.15. The van der Waals surface area contributed by atoms with Crippen molar-refractivity contribution in [1.82, 2.24) is 4.90 Å². The van der Waals surface area contributed by atoms with Crippen molar-refractivity contribution in [2.24, 2.45) is 5.16 Å². The summed E-state index contributed by atoms with van der Waals surface area (Å²) in [4.78, 5) is 1.77. The lowest BCUT2D eigenvalue weighted by Crippen LogP contribution is -2.35. The van der Waals surface area contributed by atoms with E-state index < -0.39 is 10.1 Å². The van der Waals surface area contributed by atoms with Gasteiger partial charge >= 0.3 is 10.1 Å². The number of nitriles is 1. The van der Waals surface area contributed by atoms with Gasteiger partial charge in [-0.3, -0.25) is 4.28 Å². The van der Waals surface area contributed by atoms with Crippen molar-refractivity contribution in [3.8, 4) is 6.07 Å². The summed E-state index contributed by atoms with van der Waals surface area (Å²) < 4.78 is 28.6. The van der Waals surface area contributed by atoms with Gasteiger partial charge in [0.2, 0.25) is 5.84 Å². The highest BCUT2D eigenvalue weighted by molar-refractivity contribution is 7.86. The fourth-order valence-electron chi connectivity index (χ4n) is 2.09. The highest BCUT2D eigenvalue weighted by Crippen LogP contribution is 2.14. The Hall–Kier alpha value is -2.07. The first kappa shape index (κ1) is 15.3. The second-order valence-corrected chi connectivity index (χ2v) is 6.44. The smallest absolute Gasteiger partial charge is 0.345 e. The maximum Gasteiger partial charge on any atom is 0.358 e. The number of aryl methyl sites for hydroxylation is 1.